The van der Waals surface area contributed by atoms with Gasteiger partial charge in [-0.25, -0.2) is 5.43 Å². The molecule has 0 heterocycles. The van der Waals surface area contributed by atoms with Crippen molar-refractivity contribution in [1.82, 2.24) is 10.9 Å². The molecule has 0 bridgehead atoms. The summed E-state index contributed by atoms with van der Waals surface area (Å²) in [6.07, 6.45) is 0.858. The molecule has 0 radical (unpaired) electrons. The molecule has 4 heteroatoms. The third-order valence-electron chi connectivity index (χ3n) is 3.08. The summed E-state index contributed by atoms with van der Waals surface area (Å²) in [4.78, 5) is 12.0. The molecular weight excluding hydrogens is 272 g/mol. The standard InChI is InChI=1S/C16H17ClN2O/c1-2-15(12-8-10-14(17)11-9-12)18-19-16(20)13-6-4-3-5-7-13/h3-11,15,18H,2H2,1H3,(H,19,20)/t15-/m0/s1. The molecule has 0 aliphatic heterocycles. The van der Waals surface area contributed by atoms with Crippen LogP contribution in [0.15, 0.2) is 54.6 Å². The molecule has 2 rings (SSSR count). The van der Waals surface area contributed by atoms with Crippen molar-refractivity contribution in [2.45, 2.75) is 19.4 Å². The van der Waals surface area contributed by atoms with E-state index in [-0.39, 0.29) is 11.9 Å². The van der Waals surface area contributed by atoms with E-state index in [1.807, 2.05) is 42.5 Å². The number of benzene rings is 2. The van der Waals surface area contributed by atoms with Crippen molar-refractivity contribution in [1.29, 1.82) is 0 Å². The molecule has 104 valence electrons. The normalized spacial score (nSPS) is 11.9. The average molecular weight is 289 g/mol. The van der Waals surface area contributed by atoms with E-state index in [0.29, 0.717) is 10.6 Å². The Kier molecular flexibility index (Phi) is 5.16. The van der Waals surface area contributed by atoms with Crippen molar-refractivity contribution < 1.29 is 4.79 Å². The molecule has 0 fully saturated rings. The second-order valence-electron chi connectivity index (χ2n) is 4.48. The van der Waals surface area contributed by atoms with E-state index in [2.05, 4.69) is 17.8 Å². The first kappa shape index (κ1) is 14.6. The number of nitrogens with one attached hydrogen (secondary N) is 2. The minimum absolute atomic E-state index is 0.0555. The number of hydrogen-bond acceptors (Lipinski definition) is 2. The molecule has 20 heavy (non-hydrogen) atoms. The fourth-order valence-electron chi connectivity index (χ4n) is 1.93. The molecule has 0 aliphatic carbocycles. The smallest absolute Gasteiger partial charge is 0.265 e. The van der Waals surface area contributed by atoms with Gasteiger partial charge in [0.05, 0.1) is 6.04 Å². The zero-order valence-electron chi connectivity index (χ0n) is 11.3. The van der Waals surface area contributed by atoms with Crippen LogP contribution in [0.5, 0.6) is 0 Å². The van der Waals surface area contributed by atoms with Crippen molar-refractivity contribution in [2.24, 2.45) is 0 Å². The Bertz CT molecular complexity index is 554. The first-order valence-corrected chi connectivity index (χ1v) is 6.95. The maximum atomic E-state index is 12.0. The lowest BCUT2D eigenvalue weighted by atomic mass is 10.1. The molecule has 0 aliphatic rings. The minimum Gasteiger partial charge on any atom is -0.287 e. The predicted molar refractivity (Wildman–Crippen MR) is 81.5 cm³/mol. The molecule has 2 N–H and O–H groups in total. The monoisotopic (exact) mass is 288 g/mol. The number of halogens is 1. The lowest BCUT2D eigenvalue weighted by Gasteiger charge is -2.18. The summed E-state index contributed by atoms with van der Waals surface area (Å²) in [5.74, 6) is -0.141. The lowest BCUT2D eigenvalue weighted by Crippen LogP contribution is -2.39. The lowest BCUT2D eigenvalue weighted by molar-refractivity contribution is 0.0924. The number of hydrazine groups is 1. The van der Waals surface area contributed by atoms with Crippen molar-refractivity contribution in [3.63, 3.8) is 0 Å². The summed E-state index contributed by atoms with van der Waals surface area (Å²) in [7, 11) is 0. The molecule has 0 aromatic heterocycles. The van der Waals surface area contributed by atoms with Gasteiger partial charge in [0.15, 0.2) is 0 Å². The summed E-state index contributed by atoms with van der Waals surface area (Å²) in [6.45, 7) is 2.06. The topological polar surface area (TPSA) is 41.1 Å². The van der Waals surface area contributed by atoms with Crippen LogP contribution in [0.2, 0.25) is 5.02 Å². The van der Waals surface area contributed by atoms with Crippen LogP contribution in [0, 0.1) is 0 Å². The van der Waals surface area contributed by atoms with E-state index >= 15 is 0 Å². The maximum Gasteiger partial charge on any atom is 0.265 e. The van der Waals surface area contributed by atoms with Crippen LogP contribution in [0.1, 0.15) is 35.3 Å². The van der Waals surface area contributed by atoms with Crippen molar-refractivity contribution in [3.8, 4) is 0 Å². The summed E-state index contributed by atoms with van der Waals surface area (Å²) in [5.41, 5.74) is 7.52. The molecule has 0 saturated carbocycles. The summed E-state index contributed by atoms with van der Waals surface area (Å²) in [6, 6.07) is 16.8. The van der Waals surface area contributed by atoms with Gasteiger partial charge in [-0.2, -0.15) is 0 Å². The van der Waals surface area contributed by atoms with E-state index < -0.39 is 0 Å². The fraction of sp³-hybridized carbons (Fsp3) is 0.188. The van der Waals surface area contributed by atoms with Crippen LogP contribution in [-0.4, -0.2) is 5.91 Å². The maximum absolute atomic E-state index is 12.0. The Morgan fingerprint density at radius 3 is 2.35 bits per heavy atom. The highest BCUT2D eigenvalue weighted by Gasteiger charge is 2.11. The zero-order chi connectivity index (χ0) is 14.4. The van der Waals surface area contributed by atoms with Crippen molar-refractivity contribution in [3.05, 3.63) is 70.7 Å². The molecule has 0 saturated heterocycles. The van der Waals surface area contributed by atoms with E-state index in [1.165, 1.54) is 0 Å². The van der Waals surface area contributed by atoms with E-state index in [1.54, 1.807) is 12.1 Å². The molecule has 1 amide bonds. The van der Waals surface area contributed by atoms with Gasteiger partial charge in [0, 0.05) is 10.6 Å². The van der Waals surface area contributed by atoms with Crippen molar-refractivity contribution in [2.75, 3.05) is 0 Å². The number of carbonyl (C=O) groups is 1. The van der Waals surface area contributed by atoms with Gasteiger partial charge in [0.1, 0.15) is 0 Å². The Labute approximate surface area is 123 Å². The van der Waals surface area contributed by atoms with Crippen LogP contribution in [0.3, 0.4) is 0 Å². The van der Waals surface area contributed by atoms with Crippen LogP contribution in [0.4, 0.5) is 0 Å². The largest absolute Gasteiger partial charge is 0.287 e. The molecule has 2 aromatic carbocycles. The number of carbonyl (C=O) groups excluding carboxylic acids is 1. The average Bonchev–Trinajstić information content (AvgIpc) is 2.50. The number of rotatable bonds is 5. The van der Waals surface area contributed by atoms with Crippen molar-refractivity contribution >= 4 is 17.5 Å². The first-order chi connectivity index (χ1) is 9.70. The molecule has 3 nitrogen and oxygen atoms in total. The molecule has 0 spiro atoms. The highest BCUT2D eigenvalue weighted by atomic mass is 35.5. The Balaban J connectivity index is 1.97. The highest BCUT2D eigenvalue weighted by Crippen LogP contribution is 2.18. The Hall–Kier alpha value is -1.84. The van der Waals surface area contributed by atoms with Gasteiger partial charge >= 0.3 is 0 Å². The highest BCUT2D eigenvalue weighted by molar-refractivity contribution is 6.30. The van der Waals surface area contributed by atoms with E-state index in [0.717, 1.165) is 12.0 Å². The van der Waals surface area contributed by atoms with Gasteiger partial charge in [-0.15, -0.1) is 0 Å². The third-order valence-corrected chi connectivity index (χ3v) is 3.33. The van der Waals surface area contributed by atoms with E-state index in [9.17, 15) is 4.79 Å². The van der Waals surface area contributed by atoms with Gasteiger partial charge in [0.25, 0.3) is 5.91 Å². The van der Waals surface area contributed by atoms with Gasteiger partial charge < -0.3 is 0 Å². The third kappa shape index (κ3) is 3.83. The fourth-order valence-corrected chi connectivity index (χ4v) is 2.06. The van der Waals surface area contributed by atoms with Crippen LogP contribution >= 0.6 is 11.6 Å². The van der Waals surface area contributed by atoms with Gasteiger partial charge in [-0.1, -0.05) is 48.9 Å². The summed E-state index contributed by atoms with van der Waals surface area (Å²) >= 11 is 5.88. The SMILES string of the molecule is CC[C@H](NNC(=O)c1ccccc1)c1ccc(Cl)cc1. The second kappa shape index (κ2) is 7.08. The quantitative estimate of drug-likeness (QED) is 0.823. The predicted octanol–water partition coefficient (Wildman–Crippen LogP) is 3.73. The summed E-state index contributed by atoms with van der Waals surface area (Å²) < 4.78 is 0. The molecule has 1 atom stereocenters. The van der Waals surface area contributed by atoms with Gasteiger partial charge in [0.2, 0.25) is 0 Å². The van der Waals surface area contributed by atoms with Crippen LogP contribution in [0.25, 0.3) is 0 Å². The zero-order valence-corrected chi connectivity index (χ0v) is 12.0. The van der Waals surface area contributed by atoms with Crippen LogP contribution < -0.4 is 10.9 Å². The number of amides is 1. The van der Waals surface area contributed by atoms with Gasteiger partial charge in [-0.05, 0) is 36.2 Å². The first-order valence-electron chi connectivity index (χ1n) is 6.57. The minimum atomic E-state index is -0.141. The molecule has 0 unspecified atom stereocenters. The summed E-state index contributed by atoms with van der Waals surface area (Å²) in [5, 5.41) is 0.705. The number of hydrogen-bond donors (Lipinski definition) is 2. The molecule has 2 aromatic rings. The van der Waals surface area contributed by atoms with E-state index in [4.69, 9.17) is 11.6 Å². The Morgan fingerprint density at radius 1 is 1.10 bits per heavy atom. The second-order valence-corrected chi connectivity index (χ2v) is 4.91. The van der Waals surface area contributed by atoms with Gasteiger partial charge in [-0.3, -0.25) is 10.2 Å². The molecular formula is C16H17ClN2O. The van der Waals surface area contributed by atoms with Crippen LogP contribution in [-0.2, 0) is 0 Å². The Morgan fingerprint density at radius 2 is 1.75 bits per heavy atom.